The predicted molar refractivity (Wildman–Crippen MR) is 509 cm³/mol. The number of benzene rings is 10. The Morgan fingerprint density at radius 1 is 0.369 bits per heavy atom. The molecule has 5 heterocycles. The van der Waals surface area contributed by atoms with E-state index < -0.39 is 5.54 Å². The summed E-state index contributed by atoms with van der Waals surface area (Å²) < 4.78 is 18.4. The van der Waals surface area contributed by atoms with Gasteiger partial charge in [0.2, 0.25) is 0 Å². The molecule has 0 aliphatic carbocycles. The number of ether oxygens (including phenoxy) is 1. The van der Waals surface area contributed by atoms with Crippen molar-refractivity contribution in [3.05, 3.63) is 410 Å². The summed E-state index contributed by atoms with van der Waals surface area (Å²) in [6.07, 6.45) is 8.36. The number of allylic oxidation sites excluding steroid dienone is 10. The molecule has 10 aromatic rings. The molecule has 0 spiro atoms. The van der Waals surface area contributed by atoms with E-state index >= 15 is 0 Å². The molecule has 5 radical (unpaired) electrons. The van der Waals surface area contributed by atoms with Gasteiger partial charge >= 0.3 is 28.9 Å². The van der Waals surface area contributed by atoms with Crippen LogP contribution in [-0.2, 0) is 119 Å². The van der Waals surface area contributed by atoms with Gasteiger partial charge in [-0.05, 0) is 163 Å². The quantitative estimate of drug-likeness (QED) is 0.0381. The normalized spacial score (nSPS) is 14.3. The fourth-order valence-corrected chi connectivity index (χ4v) is 13.1. The Balaban J connectivity index is 0.000000740. The van der Waals surface area contributed by atoms with E-state index in [2.05, 4.69) is 160 Å². The number of aliphatic hydroxyl groups is 5. The first-order valence-corrected chi connectivity index (χ1v) is 40.7. The number of nitrogens with zero attached hydrogens (tertiary/aromatic N) is 5. The fraction of sp³-hybridized carbons (Fsp3) is 0.243. The van der Waals surface area contributed by atoms with Gasteiger partial charge in [0.15, 0.2) is 12.5 Å². The molecule has 10 aromatic carbocycles. The van der Waals surface area contributed by atoms with Crippen LogP contribution in [0, 0.1) is 36.1 Å². The Hall–Kier alpha value is -10.8. The van der Waals surface area contributed by atoms with Crippen molar-refractivity contribution in [2.75, 3.05) is 13.3 Å². The first-order chi connectivity index (χ1) is 59.1. The van der Waals surface area contributed by atoms with Gasteiger partial charge < -0.3 is 50.2 Å². The molecule has 0 bridgehead atoms. The number of rotatable bonds is 10. The SMILES string of the molecule is CC(=[OH+])C=C(C)O.CC(=[OH+])C=C(C)O.CC(=[OH+])C=C(C)O.CC(=[OH+])C=C(C)O.CC(=[OH+])C=C(C)O.CC1(C)Cc2ccccc2C(c2[c-]cccc2)=N1.CC1(C)N=C(c2[c-]cccc2)c2ccccc2C1(C)C.CC1(C)N=C(c2[c-]cccc2)c2ccccc2C1=O.Fc1c[c-]c(C2=NCCc3ccccc32)cc1.[Ir].[Ir].[Ir].[Ir].[Ir].[c-]1ccccc1C1=NCOc2ccccc21. The van der Waals surface area contributed by atoms with Crippen LogP contribution in [0.15, 0.2) is 321 Å². The van der Waals surface area contributed by atoms with Crippen molar-refractivity contribution >= 4 is 63.3 Å². The number of ketones is 6. The minimum Gasteiger partial charge on any atom is -0.512 e. The summed E-state index contributed by atoms with van der Waals surface area (Å²) in [6, 6.07) is 93.1. The van der Waals surface area contributed by atoms with Crippen LogP contribution in [0.4, 0.5) is 4.39 Å². The Bertz CT molecular complexity index is 5540. The molecule has 0 aromatic heterocycles. The van der Waals surface area contributed by atoms with Gasteiger partial charge in [-0.2, -0.15) is 0 Å². The molecule has 5 aliphatic rings. The standard InChI is InChI=1S/C19H20N.C17H14NO.C17H16N.C15H11FN.C14H10NO.5C5H8O2.5Ir/c1-18(2)16-13-9-8-12-15(16)17(20-19(18,3)4)14-10-6-5-7-11-14;1-17(2)16(19)14-11-7-6-10-13(14)15(18-17)12-8-4-3-5-9-12;1-17(2)12-14-10-6-7-11-15(14)16(18-17)13-8-4-3-5-9-13;16-13-7-5-12(6-8-13)15-14-4-2-1-3-11(14)9-10-17-15;1-2-6-11(7-3-1)14-12-8-4-5-9-13(12)16-10-15-14;5*1-4(6)3-5(2)7;;;;;/h5-10,12-13H,1-4H3;3-8,10-11H,1-2H3;3-8,10-11H,12H2,1-2H3;1-5,7-8H,9-10H2;1-6,8-9H,10H2;5*3,6H,1-2H3;;;;;/q5*-1;;;;;;;;;;/p+5. The smallest absolute Gasteiger partial charge is 0.316 e. The average Bonchev–Trinajstić information content (AvgIpc) is 0.736. The van der Waals surface area contributed by atoms with Gasteiger partial charge in [0.25, 0.3) is 0 Å². The summed E-state index contributed by atoms with van der Waals surface area (Å²) in [5, 5.41) is 42.0. The first-order valence-electron chi connectivity index (χ1n) is 40.7. The van der Waals surface area contributed by atoms with Crippen LogP contribution in [0.3, 0.4) is 0 Å². The van der Waals surface area contributed by atoms with Crippen LogP contribution >= 0.6 is 0 Å². The Morgan fingerprint density at radius 2 is 0.708 bits per heavy atom. The maximum Gasteiger partial charge on any atom is 0.316 e. The van der Waals surface area contributed by atoms with Crippen molar-refractivity contribution in [2.24, 2.45) is 25.0 Å². The van der Waals surface area contributed by atoms with Crippen LogP contribution in [0.1, 0.15) is 207 Å². The van der Waals surface area contributed by atoms with E-state index in [1.54, 1.807) is 6.07 Å². The Kier molecular flexibility index (Phi) is 51.8. The number of hydrogen-bond acceptors (Lipinski definition) is 12. The molecule has 0 amide bonds. The third-order valence-electron chi connectivity index (χ3n) is 18.9. The third kappa shape index (κ3) is 38.4. The number of carbonyl (C=O) groups excluding carboxylic acids is 6. The van der Waals surface area contributed by atoms with Crippen LogP contribution in [0.25, 0.3) is 0 Å². The van der Waals surface area contributed by atoms with Crippen molar-refractivity contribution in [3.63, 3.8) is 0 Å². The number of hydrogen-bond donors (Lipinski definition) is 5. The molecule has 0 unspecified atom stereocenters. The summed E-state index contributed by atoms with van der Waals surface area (Å²) in [5.41, 5.74) is 19.3. The van der Waals surface area contributed by atoms with E-state index in [-0.39, 0.29) is 186 Å². The zero-order chi connectivity index (χ0) is 92.2. The topological polar surface area (TPSA) is 296 Å². The monoisotopic (exact) mass is 2650 g/mol. The minimum absolute atomic E-state index is 0. The number of aliphatic hydroxyl groups excluding tert-OH is 5. The molecule has 0 saturated carbocycles. The molecule has 17 nitrogen and oxygen atoms in total. The van der Waals surface area contributed by atoms with Crippen LogP contribution in [0.2, 0.25) is 0 Å². The van der Waals surface area contributed by atoms with Crippen LogP contribution in [0.5, 0.6) is 5.75 Å². The zero-order valence-corrected chi connectivity index (χ0v) is 88.3. The first kappa shape index (κ1) is 117. The van der Waals surface area contributed by atoms with Gasteiger partial charge in [0.05, 0.1) is 99.3 Å². The van der Waals surface area contributed by atoms with Gasteiger partial charge in [-0.25, -0.2) is 0 Å². The summed E-state index contributed by atoms with van der Waals surface area (Å²) in [7, 11) is 0. The molecule has 0 fully saturated rings. The van der Waals surface area contributed by atoms with E-state index in [0.29, 0.717) is 6.73 Å². The molecule has 5 aliphatic heterocycles. The third-order valence-corrected chi connectivity index (χ3v) is 18.9. The van der Waals surface area contributed by atoms with Gasteiger partial charge in [-0.1, -0.05) is 129 Å². The van der Waals surface area contributed by atoms with E-state index in [1.165, 1.54) is 140 Å². The molecule has 23 heteroatoms. The maximum absolute atomic E-state index is 12.9. The zero-order valence-electron chi connectivity index (χ0n) is 76.3. The van der Waals surface area contributed by atoms with Gasteiger partial charge in [0, 0.05) is 135 Å². The summed E-state index contributed by atoms with van der Waals surface area (Å²) in [4.78, 5) is 78.0. The minimum atomic E-state index is -0.715. The van der Waals surface area contributed by atoms with E-state index in [4.69, 9.17) is 64.2 Å². The molecule has 10 N–H and O–H groups in total. The summed E-state index contributed by atoms with van der Waals surface area (Å²) in [5.74, 6) is 1.95. The summed E-state index contributed by atoms with van der Waals surface area (Å²) >= 11 is 0. The van der Waals surface area contributed by atoms with Crippen molar-refractivity contribution < 1.29 is 164 Å². The van der Waals surface area contributed by atoms with E-state index in [1.807, 2.05) is 159 Å². The van der Waals surface area contributed by atoms with Gasteiger partial charge in [0.1, 0.15) is 11.3 Å². The molecule has 0 atom stereocenters. The van der Waals surface area contributed by atoms with Gasteiger partial charge in [-0.3, -0.25) is 38.2 Å². The number of fused-ring (bicyclic) bond motifs is 5. The molecule has 15 rings (SSSR count). The van der Waals surface area contributed by atoms with Crippen molar-refractivity contribution in [2.45, 2.75) is 160 Å². The van der Waals surface area contributed by atoms with E-state index in [0.717, 1.165) is 104 Å². The number of aliphatic imine (C=N–C) groups is 5. The van der Waals surface area contributed by atoms with Crippen molar-refractivity contribution in [1.82, 2.24) is 0 Å². The number of para-hydroxylation sites is 1. The second-order valence-corrected chi connectivity index (χ2v) is 31.8. The Labute approximate surface area is 833 Å². The Morgan fingerprint density at radius 3 is 1.11 bits per heavy atom. The molecule has 0 saturated heterocycles. The molecular weight excluding hydrogens is 2530 g/mol. The predicted octanol–water partition coefficient (Wildman–Crippen LogP) is 22.1. The second kappa shape index (κ2) is 57.4. The average molecular weight is 2640 g/mol. The second-order valence-electron chi connectivity index (χ2n) is 31.8. The van der Waals surface area contributed by atoms with Crippen LogP contribution in [-0.4, -0.2) is 143 Å². The molecule has 693 valence electrons. The number of carbonyl (C=O) groups is 1. The van der Waals surface area contributed by atoms with Crippen molar-refractivity contribution in [3.8, 4) is 5.75 Å². The largest absolute Gasteiger partial charge is 0.512 e. The van der Waals surface area contributed by atoms with E-state index in [9.17, 15) is 9.18 Å². The van der Waals surface area contributed by atoms with Crippen LogP contribution < -0.4 is 4.74 Å². The maximum atomic E-state index is 12.9. The number of halogens is 1. The molecular formula is C107H116FIr5N5O12. The number of Topliss-reactive ketones (excluding diaryl/α,β-unsaturated/α-hetero) is 1. The molecule has 130 heavy (non-hydrogen) atoms. The summed E-state index contributed by atoms with van der Waals surface area (Å²) in [6.45, 7) is 33.2. The fourth-order valence-electron chi connectivity index (χ4n) is 13.1. The van der Waals surface area contributed by atoms with Gasteiger partial charge in [-0.15, -0.1) is 173 Å². The van der Waals surface area contributed by atoms with Crippen molar-refractivity contribution in [1.29, 1.82) is 0 Å².